The van der Waals surface area contributed by atoms with Crippen molar-refractivity contribution in [2.45, 2.75) is 18.9 Å². The molecule has 1 atom stereocenters. The lowest BCUT2D eigenvalue weighted by Gasteiger charge is -2.19. The van der Waals surface area contributed by atoms with Gasteiger partial charge in [-0.25, -0.2) is 9.97 Å². The van der Waals surface area contributed by atoms with E-state index in [9.17, 15) is 5.11 Å². The topological polar surface area (TPSA) is 49.2 Å². The fraction of sp³-hybridized carbons (Fsp3) is 0.556. The van der Waals surface area contributed by atoms with E-state index < -0.39 is 5.60 Å². The molecule has 2 heterocycles. The molecule has 0 aromatic carbocycles. The molecule has 1 aliphatic rings. The van der Waals surface area contributed by atoms with Crippen molar-refractivity contribution in [1.29, 1.82) is 0 Å². The molecule has 1 aromatic heterocycles. The molecular weight excluding hydrogens is 202 g/mol. The second kappa shape index (κ2) is 3.37. The fourth-order valence-electron chi connectivity index (χ4n) is 1.64. The Morgan fingerprint density at radius 2 is 2.36 bits per heavy atom. The van der Waals surface area contributed by atoms with E-state index in [-0.39, 0.29) is 0 Å². The summed E-state index contributed by atoms with van der Waals surface area (Å²) in [7, 11) is 0. The number of aliphatic hydroxyl groups is 1. The molecule has 0 spiro atoms. The maximum Gasteiger partial charge on any atom is 0.134 e. The maximum atomic E-state index is 9.78. The summed E-state index contributed by atoms with van der Waals surface area (Å²) in [5.74, 6) is 0.780. The molecule has 1 saturated heterocycles. The first-order valence-electron chi connectivity index (χ1n) is 4.52. The highest BCUT2D eigenvalue weighted by Gasteiger charge is 2.31. The summed E-state index contributed by atoms with van der Waals surface area (Å²) in [5.41, 5.74) is -0.614. The van der Waals surface area contributed by atoms with Gasteiger partial charge in [-0.1, -0.05) is 11.6 Å². The Kier molecular flexibility index (Phi) is 2.33. The van der Waals surface area contributed by atoms with Gasteiger partial charge < -0.3 is 10.0 Å². The third kappa shape index (κ3) is 1.96. The minimum atomic E-state index is -0.614. The first-order valence-corrected chi connectivity index (χ1v) is 4.89. The van der Waals surface area contributed by atoms with Gasteiger partial charge in [0.05, 0.1) is 5.60 Å². The van der Waals surface area contributed by atoms with Crippen LogP contribution in [0.15, 0.2) is 12.4 Å². The van der Waals surface area contributed by atoms with E-state index in [1.54, 1.807) is 6.07 Å². The summed E-state index contributed by atoms with van der Waals surface area (Å²) >= 11 is 5.75. The van der Waals surface area contributed by atoms with Crippen molar-refractivity contribution in [3.8, 4) is 0 Å². The van der Waals surface area contributed by atoms with Gasteiger partial charge in [-0.15, -0.1) is 0 Å². The lowest BCUT2D eigenvalue weighted by atomic mass is 10.1. The predicted octanol–water partition coefficient (Wildman–Crippen LogP) is 1.09. The van der Waals surface area contributed by atoms with Crippen LogP contribution in [0.1, 0.15) is 13.3 Å². The van der Waals surface area contributed by atoms with E-state index in [0.29, 0.717) is 11.7 Å². The Labute approximate surface area is 87.5 Å². The summed E-state index contributed by atoms with van der Waals surface area (Å²) in [6.45, 7) is 3.23. The van der Waals surface area contributed by atoms with E-state index in [1.807, 2.05) is 11.8 Å². The average molecular weight is 214 g/mol. The molecule has 0 saturated carbocycles. The maximum absolute atomic E-state index is 9.78. The van der Waals surface area contributed by atoms with Gasteiger partial charge in [-0.2, -0.15) is 0 Å². The van der Waals surface area contributed by atoms with Crippen LogP contribution < -0.4 is 4.90 Å². The number of nitrogens with zero attached hydrogens (tertiary/aromatic N) is 3. The van der Waals surface area contributed by atoms with Gasteiger partial charge in [-0.3, -0.25) is 0 Å². The Balaban J connectivity index is 2.17. The van der Waals surface area contributed by atoms with Gasteiger partial charge >= 0.3 is 0 Å². The standard InChI is InChI=1S/C9H12ClN3O/c1-9(14)2-3-13(5-9)8-4-7(10)11-6-12-8/h4,6,14H,2-3,5H2,1H3. The van der Waals surface area contributed by atoms with Gasteiger partial charge in [0.25, 0.3) is 0 Å². The second-order valence-corrected chi connectivity index (χ2v) is 4.25. The van der Waals surface area contributed by atoms with Gasteiger partial charge in [-0.05, 0) is 13.3 Å². The zero-order valence-corrected chi connectivity index (χ0v) is 8.70. The van der Waals surface area contributed by atoms with Crippen LogP contribution in [0.3, 0.4) is 0 Å². The molecule has 0 aliphatic carbocycles. The molecule has 0 bridgehead atoms. The number of aromatic nitrogens is 2. The first-order chi connectivity index (χ1) is 6.57. The molecule has 1 fully saturated rings. The summed E-state index contributed by atoms with van der Waals surface area (Å²) < 4.78 is 0. The molecular formula is C9H12ClN3O. The number of halogens is 1. The van der Waals surface area contributed by atoms with Crippen molar-refractivity contribution in [3.63, 3.8) is 0 Å². The molecule has 5 heteroatoms. The Morgan fingerprint density at radius 1 is 1.57 bits per heavy atom. The zero-order chi connectivity index (χ0) is 10.2. The van der Waals surface area contributed by atoms with Crippen LogP contribution >= 0.6 is 11.6 Å². The van der Waals surface area contributed by atoms with Crippen LogP contribution in [0.4, 0.5) is 5.82 Å². The quantitative estimate of drug-likeness (QED) is 0.710. The minimum absolute atomic E-state index is 0.432. The number of anilines is 1. The molecule has 0 amide bonds. The lowest BCUT2D eigenvalue weighted by molar-refractivity contribution is 0.0839. The average Bonchev–Trinajstić information content (AvgIpc) is 2.46. The molecule has 4 nitrogen and oxygen atoms in total. The van der Waals surface area contributed by atoms with Gasteiger partial charge in [0, 0.05) is 19.2 Å². The molecule has 76 valence electrons. The van der Waals surface area contributed by atoms with Crippen molar-refractivity contribution < 1.29 is 5.11 Å². The Bertz CT molecular complexity index is 343. The minimum Gasteiger partial charge on any atom is -0.388 e. The van der Waals surface area contributed by atoms with E-state index in [4.69, 9.17) is 11.6 Å². The highest BCUT2D eigenvalue weighted by atomic mass is 35.5. The molecule has 1 aromatic rings. The SMILES string of the molecule is CC1(O)CCN(c2cc(Cl)ncn2)C1. The summed E-state index contributed by atoms with van der Waals surface area (Å²) in [6.07, 6.45) is 2.19. The molecule has 1 N–H and O–H groups in total. The van der Waals surface area contributed by atoms with Crippen molar-refractivity contribution in [3.05, 3.63) is 17.5 Å². The van der Waals surface area contributed by atoms with Crippen molar-refractivity contribution in [2.24, 2.45) is 0 Å². The first kappa shape index (κ1) is 9.68. The van der Waals surface area contributed by atoms with Gasteiger partial charge in [0.15, 0.2) is 0 Å². The Hall–Kier alpha value is -0.870. The van der Waals surface area contributed by atoms with Crippen LogP contribution in [0.5, 0.6) is 0 Å². The molecule has 0 radical (unpaired) electrons. The number of β-amino-alcohol motifs (C(OH)–C–C–N with tert-alkyl or cyclic N) is 1. The van der Waals surface area contributed by atoms with E-state index >= 15 is 0 Å². The highest BCUT2D eigenvalue weighted by molar-refractivity contribution is 6.29. The highest BCUT2D eigenvalue weighted by Crippen LogP contribution is 2.25. The zero-order valence-electron chi connectivity index (χ0n) is 7.94. The van der Waals surface area contributed by atoms with Crippen LogP contribution in [0, 0.1) is 0 Å². The van der Waals surface area contributed by atoms with E-state index in [1.165, 1.54) is 6.33 Å². The molecule has 1 unspecified atom stereocenters. The van der Waals surface area contributed by atoms with E-state index in [0.717, 1.165) is 18.8 Å². The smallest absolute Gasteiger partial charge is 0.134 e. The third-order valence-electron chi connectivity index (χ3n) is 2.40. The normalized spacial score (nSPS) is 26.9. The lowest BCUT2D eigenvalue weighted by Crippen LogP contribution is -2.29. The van der Waals surface area contributed by atoms with Crippen LogP contribution in [-0.2, 0) is 0 Å². The number of rotatable bonds is 1. The largest absolute Gasteiger partial charge is 0.388 e. The summed E-state index contributed by atoms with van der Waals surface area (Å²) in [4.78, 5) is 9.93. The van der Waals surface area contributed by atoms with Gasteiger partial charge in [0.2, 0.25) is 0 Å². The summed E-state index contributed by atoms with van der Waals surface area (Å²) in [5, 5.41) is 10.2. The molecule has 2 rings (SSSR count). The van der Waals surface area contributed by atoms with Crippen molar-refractivity contribution in [1.82, 2.24) is 9.97 Å². The number of hydrogen-bond donors (Lipinski definition) is 1. The molecule has 1 aliphatic heterocycles. The monoisotopic (exact) mass is 213 g/mol. The fourth-order valence-corrected chi connectivity index (χ4v) is 1.78. The van der Waals surface area contributed by atoms with Crippen LogP contribution in [0.25, 0.3) is 0 Å². The number of hydrogen-bond acceptors (Lipinski definition) is 4. The Morgan fingerprint density at radius 3 is 2.93 bits per heavy atom. The predicted molar refractivity (Wildman–Crippen MR) is 54.5 cm³/mol. The van der Waals surface area contributed by atoms with Crippen LogP contribution in [-0.4, -0.2) is 33.8 Å². The van der Waals surface area contributed by atoms with Crippen molar-refractivity contribution >= 4 is 17.4 Å². The van der Waals surface area contributed by atoms with E-state index in [2.05, 4.69) is 9.97 Å². The van der Waals surface area contributed by atoms with Crippen LogP contribution in [0.2, 0.25) is 5.15 Å². The summed E-state index contributed by atoms with van der Waals surface area (Å²) in [6, 6.07) is 1.71. The third-order valence-corrected chi connectivity index (χ3v) is 2.60. The second-order valence-electron chi connectivity index (χ2n) is 3.87. The van der Waals surface area contributed by atoms with Gasteiger partial charge in [0.1, 0.15) is 17.3 Å². The molecule has 14 heavy (non-hydrogen) atoms. The van der Waals surface area contributed by atoms with Crippen molar-refractivity contribution in [2.75, 3.05) is 18.0 Å².